The average Bonchev–Trinajstić information content (AvgIpc) is 3.11. The first kappa shape index (κ1) is 19.6. The summed E-state index contributed by atoms with van der Waals surface area (Å²) in [7, 11) is 0. The number of halogens is 1. The Morgan fingerprint density at radius 1 is 1.11 bits per heavy atom. The first-order valence-corrected chi connectivity index (χ1v) is 11.3. The summed E-state index contributed by atoms with van der Waals surface area (Å²) in [6.45, 7) is 2.06. The van der Waals surface area contributed by atoms with Crippen LogP contribution in [-0.2, 0) is 4.79 Å². The third-order valence-electron chi connectivity index (χ3n) is 6.31. The van der Waals surface area contributed by atoms with Gasteiger partial charge < -0.3 is 15.1 Å². The molecule has 28 heavy (non-hydrogen) atoms. The van der Waals surface area contributed by atoms with Gasteiger partial charge in [0.15, 0.2) is 0 Å². The second-order valence-electron chi connectivity index (χ2n) is 8.05. The molecule has 4 rings (SSSR count). The van der Waals surface area contributed by atoms with Crippen LogP contribution in [0, 0.1) is 11.7 Å². The molecule has 3 aliphatic rings. The minimum absolute atomic E-state index is 0.149. The number of nitrogens with zero attached hydrogens (tertiary/aromatic N) is 2. The topological polar surface area (TPSA) is 52.7 Å². The van der Waals surface area contributed by atoms with E-state index >= 15 is 0 Å². The van der Waals surface area contributed by atoms with Crippen molar-refractivity contribution in [2.75, 3.05) is 30.7 Å². The van der Waals surface area contributed by atoms with Crippen molar-refractivity contribution in [1.82, 2.24) is 9.80 Å². The number of likely N-dealkylation sites (tertiary alicyclic amines) is 1. The lowest BCUT2D eigenvalue weighted by Gasteiger charge is -2.45. The van der Waals surface area contributed by atoms with Crippen LogP contribution >= 0.6 is 11.8 Å². The van der Waals surface area contributed by atoms with E-state index in [2.05, 4.69) is 10.2 Å². The van der Waals surface area contributed by atoms with Crippen molar-refractivity contribution in [2.24, 2.45) is 5.92 Å². The number of nitrogens with one attached hydrogen (secondary N) is 1. The van der Waals surface area contributed by atoms with Crippen LogP contribution in [0.5, 0.6) is 0 Å². The van der Waals surface area contributed by atoms with Crippen LogP contribution in [0.3, 0.4) is 0 Å². The number of thioether (sulfide) groups is 1. The predicted molar refractivity (Wildman–Crippen MR) is 110 cm³/mol. The molecule has 7 heteroatoms. The van der Waals surface area contributed by atoms with Gasteiger partial charge >= 0.3 is 6.03 Å². The molecule has 2 saturated heterocycles. The molecule has 2 heterocycles. The van der Waals surface area contributed by atoms with E-state index in [1.165, 1.54) is 31.4 Å². The molecule has 0 unspecified atom stereocenters. The van der Waals surface area contributed by atoms with Crippen LogP contribution in [0.1, 0.15) is 44.9 Å². The zero-order valence-corrected chi connectivity index (χ0v) is 17.0. The van der Waals surface area contributed by atoms with E-state index in [1.54, 1.807) is 17.0 Å². The molecular weight excluding hydrogens is 377 g/mol. The maximum absolute atomic E-state index is 13.3. The standard InChI is InChI=1S/C21H28FN3O2S/c22-17-7-4-8-18(15-17)23-20(27)24-11-9-21(10-12-24)25(13-14-28-21)19(26)16-5-2-1-3-6-16/h4,7-8,15-16H,1-3,5-6,9-14H2,(H,23,27). The molecule has 0 bridgehead atoms. The number of carbonyl (C=O) groups excluding carboxylic acids is 2. The molecule has 152 valence electrons. The minimum Gasteiger partial charge on any atom is -0.327 e. The maximum atomic E-state index is 13.3. The molecule has 3 fully saturated rings. The Morgan fingerprint density at radius 2 is 1.86 bits per heavy atom. The molecule has 0 atom stereocenters. The van der Waals surface area contributed by atoms with Crippen LogP contribution < -0.4 is 5.32 Å². The lowest BCUT2D eigenvalue weighted by atomic mass is 9.87. The quantitative estimate of drug-likeness (QED) is 0.798. The minimum atomic E-state index is -0.366. The zero-order valence-electron chi connectivity index (χ0n) is 16.2. The third-order valence-corrected chi connectivity index (χ3v) is 7.86. The SMILES string of the molecule is O=C(Nc1cccc(F)c1)N1CCC2(CC1)SCCN2C(=O)C1CCCCC1. The Labute approximate surface area is 170 Å². The van der Waals surface area contributed by atoms with Gasteiger partial charge in [0.2, 0.25) is 5.91 Å². The summed E-state index contributed by atoms with van der Waals surface area (Å²) in [5, 5.41) is 2.78. The number of piperidine rings is 1. The van der Waals surface area contributed by atoms with Crippen LogP contribution in [0.15, 0.2) is 24.3 Å². The van der Waals surface area contributed by atoms with Crippen LogP contribution in [0.4, 0.5) is 14.9 Å². The van der Waals surface area contributed by atoms with Gasteiger partial charge in [0, 0.05) is 37.0 Å². The number of benzene rings is 1. The van der Waals surface area contributed by atoms with Gasteiger partial charge in [-0.2, -0.15) is 0 Å². The summed E-state index contributed by atoms with van der Waals surface area (Å²) in [5.74, 6) is 1.14. The lowest BCUT2D eigenvalue weighted by Crippen LogP contribution is -2.55. The van der Waals surface area contributed by atoms with E-state index in [4.69, 9.17) is 0 Å². The van der Waals surface area contributed by atoms with Crippen molar-refractivity contribution in [3.63, 3.8) is 0 Å². The largest absolute Gasteiger partial charge is 0.327 e. The van der Waals surface area contributed by atoms with E-state index in [9.17, 15) is 14.0 Å². The first-order valence-electron chi connectivity index (χ1n) is 10.3. The molecule has 0 radical (unpaired) electrons. The summed E-state index contributed by atoms with van der Waals surface area (Å²) in [6, 6.07) is 5.74. The van der Waals surface area contributed by atoms with E-state index in [0.29, 0.717) is 24.7 Å². The molecule has 5 nitrogen and oxygen atoms in total. The van der Waals surface area contributed by atoms with Gasteiger partial charge in [-0.25, -0.2) is 9.18 Å². The van der Waals surface area contributed by atoms with Gasteiger partial charge in [-0.15, -0.1) is 11.8 Å². The summed E-state index contributed by atoms with van der Waals surface area (Å²) < 4.78 is 13.3. The summed E-state index contributed by atoms with van der Waals surface area (Å²) in [5.41, 5.74) is 0.467. The van der Waals surface area contributed by atoms with E-state index in [-0.39, 0.29) is 22.6 Å². The van der Waals surface area contributed by atoms with Crippen molar-refractivity contribution in [1.29, 1.82) is 0 Å². The van der Waals surface area contributed by atoms with Crippen LogP contribution in [-0.4, -0.2) is 52.0 Å². The van der Waals surface area contributed by atoms with Crippen molar-refractivity contribution < 1.29 is 14.0 Å². The molecule has 2 aliphatic heterocycles. The van der Waals surface area contributed by atoms with Gasteiger partial charge in [-0.05, 0) is 43.9 Å². The second-order valence-corrected chi connectivity index (χ2v) is 9.50. The Balaban J connectivity index is 1.36. The molecule has 1 aromatic carbocycles. The number of hydrogen-bond donors (Lipinski definition) is 1. The summed E-state index contributed by atoms with van der Waals surface area (Å²) in [6.07, 6.45) is 7.23. The second kappa shape index (κ2) is 8.31. The number of rotatable bonds is 2. The van der Waals surface area contributed by atoms with Gasteiger partial charge in [0.1, 0.15) is 5.82 Å². The number of carbonyl (C=O) groups is 2. The summed E-state index contributed by atoms with van der Waals surface area (Å²) >= 11 is 1.88. The molecule has 1 aromatic rings. The third kappa shape index (κ3) is 4.00. The molecule has 1 spiro atoms. The molecule has 1 aliphatic carbocycles. The monoisotopic (exact) mass is 405 g/mol. The highest BCUT2D eigenvalue weighted by molar-refractivity contribution is 8.00. The fourth-order valence-electron chi connectivity index (χ4n) is 4.73. The zero-order chi connectivity index (χ0) is 19.6. The fourth-order valence-corrected chi connectivity index (χ4v) is 6.19. The lowest BCUT2D eigenvalue weighted by molar-refractivity contribution is -0.140. The number of hydrogen-bond acceptors (Lipinski definition) is 3. The van der Waals surface area contributed by atoms with Gasteiger partial charge in [-0.3, -0.25) is 4.79 Å². The van der Waals surface area contributed by atoms with Crippen LogP contribution in [0.25, 0.3) is 0 Å². The van der Waals surface area contributed by atoms with Crippen molar-refractivity contribution in [2.45, 2.75) is 49.8 Å². The smallest absolute Gasteiger partial charge is 0.321 e. The maximum Gasteiger partial charge on any atom is 0.321 e. The molecule has 1 N–H and O–H groups in total. The van der Waals surface area contributed by atoms with Crippen molar-refractivity contribution in [3.8, 4) is 0 Å². The predicted octanol–water partition coefficient (Wildman–Crippen LogP) is 4.31. The fraction of sp³-hybridized carbons (Fsp3) is 0.619. The normalized spacial score (nSPS) is 22.5. The van der Waals surface area contributed by atoms with Crippen molar-refractivity contribution in [3.05, 3.63) is 30.1 Å². The van der Waals surface area contributed by atoms with E-state index in [0.717, 1.165) is 38.0 Å². The number of amides is 3. The Hall–Kier alpha value is -1.76. The molecule has 3 amide bonds. The highest BCUT2D eigenvalue weighted by Gasteiger charge is 2.48. The number of anilines is 1. The summed E-state index contributed by atoms with van der Waals surface area (Å²) in [4.78, 5) is 29.5. The molecule has 0 aromatic heterocycles. The van der Waals surface area contributed by atoms with Gasteiger partial charge in [0.25, 0.3) is 0 Å². The Morgan fingerprint density at radius 3 is 2.57 bits per heavy atom. The van der Waals surface area contributed by atoms with E-state index < -0.39 is 0 Å². The molecule has 1 saturated carbocycles. The highest BCUT2D eigenvalue weighted by atomic mass is 32.2. The molecular formula is C21H28FN3O2S. The van der Waals surface area contributed by atoms with Gasteiger partial charge in [0.05, 0.1) is 4.87 Å². The van der Waals surface area contributed by atoms with Crippen LogP contribution in [0.2, 0.25) is 0 Å². The Bertz CT molecular complexity index is 730. The average molecular weight is 406 g/mol. The highest BCUT2D eigenvalue weighted by Crippen LogP contribution is 2.45. The van der Waals surface area contributed by atoms with Crippen molar-refractivity contribution >= 4 is 29.4 Å². The van der Waals surface area contributed by atoms with E-state index in [1.807, 2.05) is 11.8 Å². The Kier molecular flexibility index (Phi) is 5.80. The van der Waals surface area contributed by atoms with Gasteiger partial charge in [-0.1, -0.05) is 25.3 Å². The first-order chi connectivity index (χ1) is 13.6. The number of urea groups is 1.